The molecular weight excluding hydrogens is 468 g/mol. The Bertz CT molecular complexity index is 637. The zero-order valence-electron chi connectivity index (χ0n) is 18.5. The van der Waals surface area contributed by atoms with E-state index in [0.29, 0.717) is 0 Å². The first-order chi connectivity index (χ1) is 16.0. The van der Waals surface area contributed by atoms with E-state index in [1.807, 2.05) is 0 Å². The molecule has 3 heterocycles. The maximum Gasteiger partial charge on any atom is 0.187 e. The Labute approximate surface area is 194 Å². The molecule has 0 saturated carbocycles. The van der Waals surface area contributed by atoms with Crippen LogP contribution in [0.3, 0.4) is 0 Å². The van der Waals surface area contributed by atoms with Crippen molar-refractivity contribution in [2.75, 3.05) is 20.3 Å². The van der Waals surface area contributed by atoms with E-state index in [2.05, 4.69) is 0 Å². The standard InChI is InChI=1S/C19H34O15/c1-5-8(22)12(26)16(19(29-2)30-5)34-18-14(28)15(10(24)7(4-21)32-18)33-17-13(27)11(25)9(23)6(3-20)31-17/h5-28H,3-4H2,1-2H3/t5-,6-,7-,8-,9-,10-,11+,12+,13-,14+,15+,16+,17-,18-,19+/m1/s1. The third-order valence-electron chi connectivity index (χ3n) is 6.27. The number of hydrogen-bond acceptors (Lipinski definition) is 15. The monoisotopic (exact) mass is 502 g/mol. The molecule has 3 rings (SSSR count). The average Bonchev–Trinajstić information content (AvgIpc) is 2.83. The number of methoxy groups -OCH3 is 1. The second-order valence-electron chi connectivity index (χ2n) is 8.53. The summed E-state index contributed by atoms with van der Waals surface area (Å²) in [5.41, 5.74) is 0. The number of ether oxygens (including phenoxy) is 6. The van der Waals surface area contributed by atoms with Gasteiger partial charge in [-0.15, -0.1) is 0 Å². The van der Waals surface area contributed by atoms with E-state index in [1.165, 1.54) is 14.0 Å². The molecule has 15 atom stereocenters. The first-order valence-electron chi connectivity index (χ1n) is 10.8. The van der Waals surface area contributed by atoms with Crippen LogP contribution in [0.2, 0.25) is 0 Å². The lowest BCUT2D eigenvalue weighted by Gasteiger charge is -2.48. The molecule has 3 saturated heterocycles. The number of hydrogen-bond donors (Lipinski definition) is 9. The first kappa shape index (κ1) is 28.0. The predicted molar refractivity (Wildman–Crippen MR) is 105 cm³/mol. The highest BCUT2D eigenvalue weighted by Gasteiger charge is 2.53. The second kappa shape index (κ2) is 11.6. The van der Waals surface area contributed by atoms with Gasteiger partial charge in [0.1, 0.15) is 67.1 Å². The van der Waals surface area contributed by atoms with Gasteiger partial charge in [0, 0.05) is 7.11 Å². The lowest BCUT2D eigenvalue weighted by molar-refractivity contribution is -0.383. The average molecular weight is 502 g/mol. The Balaban J connectivity index is 1.78. The van der Waals surface area contributed by atoms with Crippen LogP contribution in [-0.2, 0) is 28.4 Å². The van der Waals surface area contributed by atoms with Crippen molar-refractivity contribution < 1.29 is 74.4 Å². The molecule has 3 aliphatic rings. The Morgan fingerprint density at radius 2 is 1.09 bits per heavy atom. The van der Waals surface area contributed by atoms with E-state index >= 15 is 0 Å². The molecule has 15 heteroatoms. The fourth-order valence-electron chi connectivity index (χ4n) is 4.15. The molecular formula is C19H34O15. The van der Waals surface area contributed by atoms with Crippen molar-refractivity contribution in [3.63, 3.8) is 0 Å². The molecule has 0 bridgehead atoms. The highest BCUT2D eigenvalue weighted by Crippen LogP contribution is 2.32. The van der Waals surface area contributed by atoms with Crippen LogP contribution < -0.4 is 0 Å². The summed E-state index contributed by atoms with van der Waals surface area (Å²) in [6.45, 7) is 0.0252. The van der Waals surface area contributed by atoms with E-state index < -0.39 is 105 Å². The van der Waals surface area contributed by atoms with Crippen molar-refractivity contribution in [2.24, 2.45) is 0 Å². The van der Waals surface area contributed by atoms with Gasteiger partial charge in [0.15, 0.2) is 18.9 Å². The van der Waals surface area contributed by atoms with Gasteiger partial charge in [0.05, 0.1) is 19.3 Å². The van der Waals surface area contributed by atoms with Gasteiger partial charge in [-0.2, -0.15) is 0 Å². The maximum absolute atomic E-state index is 10.8. The Hall–Kier alpha value is -0.600. The summed E-state index contributed by atoms with van der Waals surface area (Å²) in [5, 5.41) is 91.0. The summed E-state index contributed by atoms with van der Waals surface area (Å²) in [5.74, 6) is 0. The van der Waals surface area contributed by atoms with Gasteiger partial charge in [-0.3, -0.25) is 0 Å². The van der Waals surface area contributed by atoms with Gasteiger partial charge in [-0.25, -0.2) is 0 Å². The van der Waals surface area contributed by atoms with Crippen molar-refractivity contribution >= 4 is 0 Å². The normalized spacial score (nSPS) is 52.5. The van der Waals surface area contributed by atoms with Crippen LogP contribution in [0.15, 0.2) is 0 Å². The third kappa shape index (κ3) is 5.39. The van der Waals surface area contributed by atoms with Gasteiger partial charge in [-0.05, 0) is 6.92 Å². The Morgan fingerprint density at radius 3 is 1.65 bits per heavy atom. The van der Waals surface area contributed by atoms with Gasteiger partial charge in [-0.1, -0.05) is 0 Å². The quantitative estimate of drug-likeness (QED) is 0.157. The molecule has 15 nitrogen and oxygen atoms in total. The molecule has 200 valence electrons. The lowest BCUT2D eigenvalue weighted by Crippen LogP contribution is -2.66. The second-order valence-corrected chi connectivity index (χ2v) is 8.53. The van der Waals surface area contributed by atoms with Crippen LogP contribution in [0.25, 0.3) is 0 Å². The van der Waals surface area contributed by atoms with Crippen LogP contribution >= 0.6 is 0 Å². The highest BCUT2D eigenvalue weighted by molar-refractivity contribution is 4.95. The molecule has 0 spiro atoms. The summed E-state index contributed by atoms with van der Waals surface area (Å²) in [7, 11) is 1.27. The van der Waals surface area contributed by atoms with E-state index in [1.54, 1.807) is 0 Å². The van der Waals surface area contributed by atoms with Crippen LogP contribution in [0.4, 0.5) is 0 Å². The smallest absolute Gasteiger partial charge is 0.187 e. The fraction of sp³-hybridized carbons (Fsp3) is 1.00. The van der Waals surface area contributed by atoms with Gasteiger partial charge in [0.2, 0.25) is 0 Å². The predicted octanol–water partition coefficient (Wildman–Crippen LogP) is -5.89. The molecule has 0 unspecified atom stereocenters. The lowest BCUT2D eigenvalue weighted by atomic mass is 9.96. The summed E-state index contributed by atoms with van der Waals surface area (Å²) in [4.78, 5) is 0. The molecule has 0 aromatic heterocycles. The number of rotatable bonds is 7. The molecule has 0 aromatic carbocycles. The van der Waals surface area contributed by atoms with E-state index in [9.17, 15) is 46.0 Å². The highest BCUT2D eigenvalue weighted by atomic mass is 16.8. The molecule has 3 fully saturated rings. The molecule has 34 heavy (non-hydrogen) atoms. The van der Waals surface area contributed by atoms with Gasteiger partial charge < -0.3 is 74.4 Å². The van der Waals surface area contributed by atoms with E-state index in [0.717, 1.165) is 0 Å². The minimum Gasteiger partial charge on any atom is -0.394 e. The zero-order valence-corrected chi connectivity index (χ0v) is 18.5. The maximum atomic E-state index is 10.8. The SMILES string of the molecule is CO[C@H]1O[C@H](C)[C@@H](O)[C@H](O)[C@@H]1O[C@H]1O[C@H](CO)[C@@H](O)[C@H](O[C@H]2O[C@H](CO)[C@@H](O)[C@H](O)[C@H]2O)[C@@H]1O. The fourth-order valence-corrected chi connectivity index (χ4v) is 4.15. The minimum absolute atomic E-state index is 0.729. The molecule has 0 amide bonds. The van der Waals surface area contributed by atoms with Crippen molar-refractivity contribution in [1.29, 1.82) is 0 Å². The summed E-state index contributed by atoms with van der Waals surface area (Å²) >= 11 is 0. The van der Waals surface area contributed by atoms with E-state index in [4.69, 9.17) is 28.4 Å². The topological polar surface area (TPSA) is 237 Å². The molecule has 3 aliphatic heterocycles. The van der Waals surface area contributed by atoms with Crippen molar-refractivity contribution in [1.82, 2.24) is 0 Å². The summed E-state index contributed by atoms with van der Waals surface area (Å²) < 4.78 is 32.3. The molecule has 0 aliphatic carbocycles. The minimum atomic E-state index is -1.82. The zero-order chi connectivity index (χ0) is 25.3. The van der Waals surface area contributed by atoms with Crippen molar-refractivity contribution in [3.8, 4) is 0 Å². The van der Waals surface area contributed by atoms with E-state index in [-0.39, 0.29) is 0 Å². The Kier molecular flexibility index (Phi) is 9.57. The van der Waals surface area contributed by atoms with Crippen molar-refractivity contribution in [3.05, 3.63) is 0 Å². The van der Waals surface area contributed by atoms with Crippen LogP contribution in [-0.4, -0.2) is 158 Å². The van der Waals surface area contributed by atoms with Crippen LogP contribution in [0, 0.1) is 0 Å². The number of aliphatic hydroxyl groups is 9. The largest absolute Gasteiger partial charge is 0.394 e. The van der Waals surface area contributed by atoms with Crippen LogP contribution in [0.5, 0.6) is 0 Å². The van der Waals surface area contributed by atoms with Gasteiger partial charge >= 0.3 is 0 Å². The van der Waals surface area contributed by atoms with Crippen molar-refractivity contribution in [2.45, 2.75) is 99.0 Å². The third-order valence-corrected chi connectivity index (χ3v) is 6.27. The van der Waals surface area contributed by atoms with Gasteiger partial charge in [0.25, 0.3) is 0 Å². The molecule has 0 aromatic rings. The van der Waals surface area contributed by atoms with Crippen LogP contribution in [0.1, 0.15) is 6.92 Å². The molecule has 9 N–H and O–H groups in total. The first-order valence-corrected chi connectivity index (χ1v) is 10.8. The Morgan fingerprint density at radius 1 is 0.559 bits per heavy atom. The molecule has 0 radical (unpaired) electrons. The summed E-state index contributed by atoms with van der Waals surface area (Å²) in [6, 6.07) is 0. The summed E-state index contributed by atoms with van der Waals surface area (Å²) in [6.07, 6.45) is -22.6. The number of aliphatic hydroxyl groups excluding tert-OH is 9.